The SMILES string of the molecule is Nc1ncc(OC(F)(F)F)c(CC(=O)O)c1O. The molecule has 0 saturated carbocycles. The molecule has 0 bridgehead atoms. The van der Waals surface area contributed by atoms with Gasteiger partial charge >= 0.3 is 12.3 Å². The van der Waals surface area contributed by atoms with E-state index < -0.39 is 41.6 Å². The van der Waals surface area contributed by atoms with Crippen LogP contribution in [0.25, 0.3) is 0 Å². The van der Waals surface area contributed by atoms with Gasteiger partial charge in [0, 0.05) is 0 Å². The number of rotatable bonds is 3. The lowest BCUT2D eigenvalue weighted by Gasteiger charge is -2.13. The van der Waals surface area contributed by atoms with Crippen molar-refractivity contribution in [2.75, 3.05) is 5.73 Å². The van der Waals surface area contributed by atoms with Crippen LogP contribution in [0.1, 0.15) is 5.56 Å². The van der Waals surface area contributed by atoms with Gasteiger partial charge in [0.1, 0.15) is 0 Å². The number of ether oxygens (including phenoxy) is 1. The molecule has 0 aliphatic heterocycles. The number of aliphatic carboxylic acids is 1. The molecule has 1 aromatic rings. The molecule has 1 rings (SSSR count). The molecular formula is C8H7F3N2O4. The van der Waals surface area contributed by atoms with Gasteiger partial charge in [-0.25, -0.2) is 4.98 Å². The number of hydrogen-bond acceptors (Lipinski definition) is 5. The first kappa shape index (κ1) is 12.9. The number of aromatic nitrogens is 1. The Morgan fingerprint density at radius 1 is 1.53 bits per heavy atom. The first-order chi connectivity index (χ1) is 7.70. The molecule has 0 aliphatic rings. The van der Waals surface area contributed by atoms with E-state index in [9.17, 15) is 23.1 Å². The molecule has 0 fully saturated rings. The second-order valence-electron chi connectivity index (χ2n) is 2.95. The normalized spacial score (nSPS) is 11.2. The summed E-state index contributed by atoms with van der Waals surface area (Å²) in [5.41, 5.74) is 4.56. The quantitative estimate of drug-likeness (QED) is 0.737. The van der Waals surface area contributed by atoms with Crippen molar-refractivity contribution in [1.82, 2.24) is 4.98 Å². The van der Waals surface area contributed by atoms with Crippen LogP contribution in [0.5, 0.6) is 11.5 Å². The molecule has 94 valence electrons. The van der Waals surface area contributed by atoms with Gasteiger partial charge in [0.2, 0.25) is 0 Å². The van der Waals surface area contributed by atoms with Crippen LogP contribution in [0.4, 0.5) is 19.0 Å². The van der Waals surface area contributed by atoms with Crippen molar-refractivity contribution in [3.63, 3.8) is 0 Å². The average molecular weight is 252 g/mol. The van der Waals surface area contributed by atoms with Crippen molar-refractivity contribution in [3.8, 4) is 11.5 Å². The van der Waals surface area contributed by atoms with Gasteiger partial charge in [-0.3, -0.25) is 4.79 Å². The number of aromatic hydroxyl groups is 1. The molecule has 0 spiro atoms. The molecule has 4 N–H and O–H groups in total. The van der Waals surface area contributed by atoms with Crippen LogP contribution in [0.2, 0.25) is 0 Å². The van der Waals surface area contributed by atoms with Crippen molar-refractivity contribution >= 4 is 11.8 Å². The number of anilines is 1. The lowest BCUT2D eigenvalue weighted by atomic mass is 10.1. The zero-order chi connectivity index (χ0) is 13.2. The van der Waals surface area contributed by atoms with Gasteiger partial charge in [-0.15, -0.1) is 13.2 Å². The number of hydrogen-bond donors (Lipinski definition) is 3. The predicted molar refractivity (Wildman–Crippen MR) is 48.3 cm³/mol. The zero-order valence-electron chi connectivity index (χ0n) is 8.15. The Labute approximate surface area is 92.4 Å². The van der Waals surface area contributed by atoms with Crippen molar-refractivity contribution in [1.29, 1.82) is 0 Å². The highest BCUT2D eigenvalue weighted by Gasteiger charge is 2.33. The number of halogens is 3. The number of carbonyl (C=O) groups is 1. The Hall–Kier alpha value is -2.19. The van der Waals surface area contributed by atoms with Gasteiger partial charge in [0.15, 0.2) is 17.3 Å². The molecule has 17 heavy (non-hydrogen) atoms. The molecule has 0 aliphatic carbocycles. The van der Waals surface area contributed by atoms with Gasteiger partial charge < -0.3 is 20.7 Å². The molecule has 6 nitrogen and oxygen atoms in total. The largest absolute Gasteiger partial charge is 0.573 e. The minimum atomic E-state index is -5.02. The molecule has 1 aromatic heterocycles. The predicted octanol–water partition coefficient (Wildman–Crippen LogP) is 0.895. The van der Waals surface area contributed by atoms with E-state index in [1.807, 2.05) is 0 Å². The van der Waals surface area contributed by atoms with Gasteiger partial charge in [0.25, 0.3) is 0 Å². The second-order valence-corrected chi connectivity index (χ2v) is 2.95. The number of nitrogens with zero attached hydrogens (tertiary/aromatic N) is 1. The molecule has 9 heteroatoms. The summed E-state index contributed by atoms with van der Waals surface area (Å²) in [4.78, 5) is 13.7. The summed E-state index contributed by atoms with van der Waals surface area (Å²) in [5, 5.41) is 17.8. The van der Waals surface area contributed by atoms with Crippen LogP contribution in [-0.2, 0) is 11.2 Å². The number of nitrogens with two attached hydrogens (primary N) is 1. The number of nitrogen functional groups attached to an aromatic ring is 1. The topological polar surface area (TPSA) is 106 Å². The van der Waals surface area contributed by atoms with Gasteiger partial charge in [-0.05, 0) is 0 Å². The van der Waals surface area contributed by atoms with E-state index in [-0.39, 0.29) is 0 Å². The summed E-state index contributed by atoms with van der Waals surface area (Å²) in [5.74, 6) is -3.66. The Balaban J connectivity index is 3.20. The molecule has 0 saturated heterocycles. The molecule has 0 amide bonds. The fourth-order valence-electron chi connectivity index (χ4n) is 1.07. The third-order valence-electron chi connectivity index (χ3n) is 1.70. The van der Waals surface area contributed by atoms with E-state index in [2.05, 4.69) is 9.72 Å². The number of pyridine rings is 1. The van der Waals surface area contributed by atoms with Crippen LogP contribution in [0, 0.1) is 0 Å². The molecule has 1 heterocycles. The van der Waals surface area contributed by atoms with Crippen LogP contribution in [0.15, 0.2) is 6.20 Å². The van der Waals surface area contributed by atoms with Crippen LogP contribution in [0.3, 0.4) is 0 Å². The Kier molecular flexibility index (Phi) is 3.30. The minimum absolute atomic E-state index is 0.476. The highest BCUT2D eigenvalue weighted by molar-refractivity contribution is 5.74. The van der Waals surface area contributed by atoms with E-state index in [1.165, 1.54) is 0 Å². The maximum absolute atomic E-state index is 12.0. The van der Waals surface area contributed by atoms with Crippen molar-refractivity contribution in [2.24, 2.45) is 0 Å². The molecule has 0 atom stereocenters. The molecule has 0 aromatic carbocycles. The number of carboxylic acids is 1. The fourth-order valence-corrected chi connectivity index (χ4v) is 1.07. The van der Waals surface area contributed by atoms with Crippen molar-refractivity contribution in [3.05, 3.63) is 11.8 Å². The minimum Gasteiger partial charge on any atom is -0.504 e. The van der Waals surface area contributed by atoms with E-state index in [1.54, 1.807) is 0 Å². The van der Waals surface area contributed by atoms with E-state index in [0.717, 1.165) is 0 Å². The van der Waals surface area contributed by atoms with Gasteiger partial charge in [0.05, 0.1) is 18.2 Å². The molecular weight excluding hydrogens is 245 g/mol. The summed E-state index contributed by atoms with van der Waals surface area (Å²) in [6.07, 6.45) is -5.29. The first-order valence-corrected chi connectivity index (χ1v) is 4.14. The molecule has 0 unspecified atom stereocenters. The van der Waals surface area contributed by atoms with Crippen molar-refractivity contribution < 1.29 is 32.9 Å². The summed E-state index contributed by atoms with van der Waals surface area (Å²) in [6, 6.07) is 0. The smallest absolute Gasteiger partial charge is 0.504 e. The van der Waals surface area contributed by atoms with Crippen LogP contribution in [-0.4, -0.2) is 27.5 Å². The summed E-state index contributed by atoms with van der Waals surface area (Å²) in [7, 11) is 0. The van der Waals surface area contributed by atoms with E-state index >= 15 is 0 Å². The highest BCUT2D eigenvalue weighted by atomic mass is 19.4. The summed E-state index contributed by atoms with van der Waals surface area (Å²) < 4.78 is 39.5. The van der Waals surface area contributed by atoms with Crippen LogP contribution < -0.4 is 10.5 Å². The lowest BCUT2D eigenvalue weighted by molar-refractivity contribution is -0.275. The maximum Gasteiger partial charge on any atom is 0.573 e. The monoisotopic (exact) mass is 252 g/mol. The van der Waals surface area contributed by atoms with Crippen LogP contribution >= 0.6 is 0 Å². The Morgan fingerprint density at radius 3 is 2.59 bits per heavy atom. The Morgan fingerprint density at radius 2 is 2.12 bits per heavy atom. The second kappa shape index (κ2) is 4.36. The fraction of sp³-hybridized carbons (Fsp3) is 0.250. The number of carboxylic acid groups (broad SMARTS) is 1. The number of alkyl halides is 3. The third-order valence-corrected chi connectivity index (χ3v) is 1.70. The highest BCUT2D eigenvalue weighted by Crippen LogP contribution is 2.34. The lowest BCUT2D eigenvalue weighted by Crippen LogP contribution is -2.19. The zero-order valence-corrected chi connectivity index (χ0v) is 8.15. The van der Waals surface area contributed by atoms with E-state index in [4.69, 9.17) is 10.8 Å². The van der Waals surface area contributed by atoms with Gasteiger partial charge in [-0.1, -0.05) is 0 Å². The van der Waals surface area contributed by atoms with Crippen molar-refractivity contribution in [2.45, 2.75) is 12.8 Å². The van der Waals surface area contributed by atoms with E-state index in [0.29, 0.717) is 6.20 Å². The summed E-state index contributed by atoms with van der Waals surface area (Å²) in [6.45, 7) is 0. The average Bonchev–Trinajstić information content (AvgIpc) is 2.15. The first-order valence-electron chi connectivity index (χ1n) is 4.14. The Bertz CT molecular complexity index is 447. The maximum atomic E-state index is 12.0. The standard InChI is InChI=1S/C8H7F3N2O4/c9-8(10,11)17-4-2-13-7(12)6(16)3(4)1-5(14)15/h2,16H,1H2,(H2,12,13)(H,14,15). The third kappa shape index (κ3) is 3.40. The van der Waals surface area contributed by atoms with Gasteiger partial charge in [-0.2, -0.15) is 0 Å². The molecule has 0 radical (unpaired) electrons. The summed E-state index contributed by atoms with van der Waals surface area (Å²) >= 11 is 0.